The van der Waals surface area contributed by atoms with Gasteiger partial charge in [-0.15, -0.1) is 0 Å². The Kier molecular flexibility index (Phi) is 3.16. The largest absolute Gasteiger partial charge is 0.329 e. The average Bonchev–Trinajstić information content (AvgIpc) is 3.10. The van der Waals surface area contributed by atoms with Crippen LogP contribution in [0, 0.1) is 0 Å². The highest BCUT2D eigenvalue weighted by molar-refractivity contribution is 7.93. The zero-order valence-electron chi connectivity index (χ0n) is 10.1. The normalized spacial score (nSPS) is 17.2. The molecular weight excluding hydrogens is 252 g/mol. The standard InChI is InChI=1S/C12H16N2O3S/c1-9(15)14-10-2-4-11(5-3-10)18(16,17)12(8-13)6-7-12/h2-5H,6-8,13H2,1H3,(H,14,15). The Hall–Kier alpha value is -1.40. The van der Waals surface area contributed by atoms with Crippen molar-refractivity contribution in [2.24, 2.45) is 5.73 Å². The number of rotatable bonds is 4. The SMILES string of the molecule is CC(=O)Nc1ccc(S(=O)(=O)C2(CN)CC2)cc1. The molecule has 1 amide bonds. The van der Waals surface area contributed by atoms with Crippen LogP contribution in [-0.2, 0) is 14.6 Å². The Labute approximate surface area is 106 Å². The maximum atomic E-state index is 12.3. The molecule has 0 spiro atoms. The molecular formula is C12H16N2O3S. The monoisotopic (exact) mass is 268 g/mol. The number of amides is 1. The molecule has 0 aliphatic heterocycles. The zero-order chi connectivity index (χ0) is 13.4. The van der Waals surface area contributed by atoms with Crippen LogP contribution in [0.4, 0.5) is 5.69 Å². The van der Waals surface area contributed by atoms with Gasteiger partial charge in [0.1, 0.15) is 0 Å². The van der Waals surface area contributed by atoms with Crippen LogP contribution < -0.4 is 11.1 Å². The summed E-state index contributed by atoms with van der Waals surface area (Å²) in [4.78, 5) is 11.1. The Morgan fingerprint density at radius 2 is 1.89 bits per heavy atom. The first-order valence-electron chi connectivity index (χ1n) is 5.74. The molecule has 1 aromatic rings. The van der Waals surface area contributed by atoms with E-state index in [1.807, 2.05) is 0 Å². The number of hydrogen-bond donors (Lipinski definition) is 2. The third-order valence-electron chi connectivity index (χ3n) is 3.23. The quantitative estimate of drug-likeness (QED) is 0.849. The van der Waals surface area contributed by atoms with Crippen molar-refractivity contribution in [2.45, 2.75) is 29.4 Å². The fraction of sp³-hybridized carbons (Fsp3) is 0.417. The van der Waals surface area contributed by atoms with Gasteiger partial charge in [-0.25, -0.2) is 8.42 Å². The molecule has 1 aliphatic carbocycles. The minimum absolute atomic E-state index is 0.156. The molecule has 1 fully saturated rings. The molecule has 0 aromatic heterocycles. The van der Waals surface area contributed by atoms with Crippen molar-refractivity contribution in [1.82, 2.24) is 0 Å². The lowest BCUT2D eigenvalue weighted by Gasteiger charge is -2.14. The zero-order valence-corrected chi connectivity index (χ0v) is 11.0. The summed E-state index contributed by atoms with van der Waals surface area (Å²) in [6.07, 6.45) is 1.25. The number of hydrogen-bond acceptors (Lipinski definition) is 4. The van der Waals surface area contributed by atoms with Gasteiger partial charge < -0.3 is 11.1 Å². The van der Waals surface area contributed by atoms with Crippen molar-refractivity contribution in [3.8, 4) is 0 Å². The van der Waals surface area contributed by atoms with Crippen LogP contribution in [0.15, 0.2) is 29.2 Å². The van der Waals surface area contributed by atoms with Gasteiger partial charge in [0.25, 0.3) is 0 Å². The fourth-order valence-electron chi connectivity index (χ4n) is 1.89. The van der Waals surface area contributed by atoms with Crippen LogP contribution in [-0.4, -0.2) is 25.6 Å². The number of benzene rings is 1. The van der Waals surface area contributed by atoms with E-state index in [0.29, 0.717) is 18.5 Å². The van der Waals surface area contributed by atoms with Crippen molar-refractivity contribution >= 4 is 21.4 Å². The van der Waals surface area contributed by atoms with E-state index < -0.39 is 14.6 Å². The number of carbonyl (C=O) groups is 1. The molecule has 1 aromatic carbocycles. The van der Waals surface area contributed by atoms with Gasteiger partial charge in [0, 0.05) is 19.2 Å². The minimum Gasteiger partial charge on any atom is -0.329 e. The number of sulfone groups is 1. The molecule has 0 saturated heterocycles. The fourth-order valence-corrected chi connectivity index (χ4v) is 3.75. The summed E-state index contributed by atoms with van der Waals surface area (Å²) in [5, 5.41) is 2.59. The Bertz CT molecular complexity index is 559. The lowest BCUT2D eigenvalue weighted by Crippen LogP contribution is -2.31. The summed E-state index contributed by atoms with van der Waals surface area (Å²) in [7, 11) is -3.36. The Balaban J connectivity index is 2.27. The van der Waals surface area contributed by atoms with E-state index in [-0.39, 0.29) is 17.3 Å². The molecule has 2 rings (SSSR count). The smallest absolute Gasteiger partial charge is 0.221 e. The summed E-state index contributed by atoms with van der Waals surface area (Å²) in [6.45, 7) is 1.56. The number of carbonyl (C=O) groups excluding carboxylic acids is 1. The highest BCUT2D eigenvalue weighted by Crippen LogP contribution is 2.45. The first-order valence-corrected chi connectivity index (χ1v) is 7.22. The van der Waals surface area contributed by atoms with E-state index >= 15 is 0 Å². The predicted molar refractivity (Wildman–Crippen MR) is 69.0 cm³/mol. The van der Waals surface area contributed by atoms with Crippen LogP contribution >= 0.6 is 0 Å². The third-order valence-corrected chi connectivity index (χ3v) is 5.84. The summed E-state index contributed by atoms with van der Waals surface area (Å²) >= 11 is 0. The molecule has 1 aliphatic rings. The van der Waals surface area contributed by atoms with Crippen molar-refractivity contribution in [3.05, 3.63) is 24.3 Å². The van der Waals surface area contributed by atoms with E-state index in [4.69, 9.17) is 5.73 Å². The van der Waals surface area contributed by atoms with E-state index in [2.05, 4.69) is 5.32 Å². The lowest BCUT2D eigenvalue weighted by atomic mass is 10.3. The van der Waals surface area contributed by atoms with Crippen LogP contribution in [0.1, 0.15) is 19.8 Å². The van der Waals surface area contributed by atoms with Crippen molar-refractivity contribution < 1.29 is 13.2 Å². The second-order valence-electron chi connectivity index (χ2n) is 4.60. The molecule has 3 N–H and O–H groups in total. The van der Waals surface area contributed by atoms with Gasteiger partial charge in [-0.1, -0.05) is 0 Å². The molecule has 18 heavy (non-hydrogen) atoms. The Morgan fingerprint density at radius 1 is 1.33 bits per heavy atom. The lowest BCUT2D eigenvalue weighted by molar-refractivity contribution is -0.114. The van der Waals surface area contributed by atoms with Gasteiger partial charge in [-0.05, 0) is 37.1 Å². The van der Waals surface area contributed by atoms with E-state index in [1.165, 1.54) is 19.1 Å². The van der Waals surface area contributed by atoms with Gasteiger partial charge in [0.05, 0.1) is 9.64 Å². The van der Waals surface area contributed by atoms with Crippen molar-refractivity contribution in [1.29, 1.82) is 0 Å². The van der Waals surface area contributed by atoms with E-state index in [9.17, 15) is 13.2 Å². The predicted octanol–water partition coefficient (Wildman–Crippen LogP) is 0.910. The summed E-state index contributed by atoms with van der Waals surface area (Å²) in [6, 6.07) is 6.19. The number of nitrogens with one attached hydrogen (secondary N) is 1. The number of anilines is 1. The van der Waals surface area contributed by atoms with Crippen LogP contribution in [0.2, 0.25) is 0 Å². The second kappa shape index (κ2) is 4.37. The minimum atomic E-state index is -3.36. The molecule has 98 valence electrons. The van der Waals surface area contributed by atoms with Gasteiger partial charge in [-0.2, -0.15) is 0 Å². The van der Waals surface area contributed by atoms with Crippen molar-refractivity contribution in [2.75, 3.05) is 11.9 Å². The Morgan fingerprint density at radius 3 is 2.28 bits per heavy atom. The highest BCUT2D eigenvalue weighted by Gasteiger charge is 2.53. The first kappa shape index (κ1) is 13.0. The van der Waals surface area contributed by atoms with E-state index in [0.717, 1.165) is 0 Å². The molecule has 0 heterocycles. The van der Waals surface area contributed by atoms with Gasteiger partial charge in [0.2, 0.25) is 5.91 Å². The van der Waals surface area contributed by atoms with Gasteiger partial charge in [0.15, 0.2) is 9.84 Å². The maximum Gasteiger partial charge on any atom is 0.221 e. The van der Waals surface area contributed by atoms with Gasteiger partial charge in [-0.3, -0.25) is 4.79 Å². The van der Waals surface area contributed by atoms with Crippen molar-refractivity contribution in [3.63, 3.8) is 0 Å². The van der Waals surface area contributed by atoms with Crippen LogP contribution in [0.25, 0.3) is 0 Å². The van der Waals surface area contributed by atoms with E-state index in [1.54, 1.807) is 12.1 Å². The highest BCUT2D eigenvalue weighted by atomic mass is 32.2. The molecule has 1 saturated carbocycles. The van der Waals surface area contributed by atoms with Crippen LogP contribution in [0.5, 0.6) is 0 Å². The topological polar surface area (TPSA) is 89.3 Å². The first-order chi connectivity index (χ1) is 8.41. The molecule has 5 nitrogen and oxygen atoms in total. The molecule has 0 atom stereocenters. The summed E-state index contributed by atoms with van der Waals surface area (Å²) < 4.78 is 23.9. The molecule has 0 bridgehead atoms. The number of nitrogens with two attached hydrogens (primary N) is 1. The summed E-state index contributed by atoms with van der Waals surface area (Å²) in [5.41, 5.74) is 6.13. The molecule has 0 unspecified atom stereocenters. The second-order valence-corrected chi connectivity index (χ2v) is 6.94. The van der Waals surface area contributed by atoms with Crippen LogP contribution in [0.3, 0.4) is 0 Å². The van der Waals surface area contributed by atoms with Gasteiger partial charge >= 0.3 is 0 Å². The molecule has 0 radical (unpaired) electrons. The molecule has 6 heteroatoms. The average molecular weight is 268 g/mol. The maximum absolute atomic E-state index is 12.3. The third kappa shape index (κ3) is 2.13. The summed E-state index contributed by atoms with van der Waals surface area (Å²) in [5.74, 6) is -0.189.